The summed E-state index contributed by atoms with van der Waals surface area (Å²) in [5.74, 6) is 0.855. The number of anilines is 1. The summed E-state index contributed by atoms with van der Waals surface area (Å²) in [4.78, 5) is 23.9. The van der Waals surface area contributed by atoms with Gasteiger partial charge in [0.1, 0.15) is 18.1 Å². The minimum Gasteiger partial charge on any atom is -0.484 e. The lowest BCUT2D eigenvalue weighted by molar-refractivity contribution is -0.123. The molecule has 0 saturated heterocycles. The normalized spacial score (nSPS) is 10.5. The second kappa shape index (κ2) is 10.7. The molecule has 2 amide bonds. The Labute approximate surface area is 167 Å². The van der Waals surface area contributed by atoms with Crippen LogP contribution in [-0.2, 0) is 16.1 Å². The number of nitrogens with one attached hydrogen (secondary N) is 2. The summed E-state index contributed by atoms with van der Waals surface area (Å²) in [7, 11) is 0. The van der Waals surface area contributed by atoms with Gasteiger partial charge >= 0.3 is 0 Å². The SMILES string of the molecule is O=C(COc1cccc(NC(=O)c2ccco2)c1)NCCCOCc1ccco1. The smallest absolute Gasteiger partial charge is 0.291 e. The third-order valence-electron chi connectivity index (χ3n) is 3.82. The van der Waals surface area contributed by atoms with Crippen molar-refractivity contribution < 1.29 is 27.9 Å². The molecule has 0 aliphatic rings. The zero-order valence-corrected chi connectivity index (χ0v) is 15.8. The van der Waals surface area contributed by atoms with Gasteiger partial charge in [0.2, 0.25) is 0 Å². The van der Waals surface area contributed by atoms with E-state index in [-0.39, 0.29) is 24.2 Å². The van der Waals surface area contributed by atoms with Gasteiger partial charge in [-0.2, -0.15) is 0 Å². The molecule has 29 heavy (non-hydrogen) atoms. The Hall–Kier alpha value is -3.52. The van der Waals surface area contributed by atoms with Crippen molar-refractivity contribution in [3.63, 3.8) is 0 Å². The van der Waals surface area contributed by atoms with Crippen molar-refractivity contribution in [3.05, 3.63) is 72.6 Å². The summed E-state index contributed by atoms with van der Waals surface area (Å²) in [6, 6.07) is 13.6. The molecule has 0 aliphatic heterocycles. The highest BCUT2D eigenvalue weighted by Crippen LogP contribution is 2.18. The van der Waals surface area contributed by atoms with Crippen molar-refractivity contribution in [2.75, 3.05) is 25.1 Å². The van der Waals surface area contributed by atoms with E-state index in [9.17, 15) is 9.59 Å². The first-order valence-corrected chi connectivity index (χ1v) is 9.15. The van der Waals surface area contributed by atoms with Crippen LogP contribution >= 0.6 is 0 Å². The summed E-state index contributed by atoms with van der Waals surface area (Å²) < 4.78 is 21.1. The number of carbonyl (C=O) groups is 2. The monoisotopic (exact) mass is 398 g/mol. The molecule has 3 rings (SSSR count). The number of ether oxygens (including phenoxy) is 2. The lowest BCUT2D eigenvalue weighted by Gasteiger charge is -2.09. The summed E-state index contributed by atoms with van der Waals surface area (Å²) in [5.41, 5.74) is 0.540. The van der Waals surface area contributed by atoms with E-state index in [4.69, 9.17) is 18.3 Å². The van der Waals surface area contributed by atoms with E-state index in [1.54, 1.807) is 42.7 Å². The van der Waals surface area contributed by atoms with Gasteiger partial charge in [-0.15, -0.1) is 0 Å². The average molecular weight is 398 g/mol. The van der Waals surface area contributed by atoms with Crippen molar-refractivity contribution in [3.8, 4) is 5.75 Å². The second-order valence-corrected chi connectivity index (χ2v) is 6.08. The summed E-state index contributed by atoms with van der Waals surface area (Å²) in [6.45, 7) is 1.29. The van der Waals surface area contributed by atoms with Gasteiger partial charge in [0, 0.05) is 24.9 Å². The largest absolute Gasteiger partial charge is 0.484 e. The van der Waals surface area contributed by atoms with Crippen LogP contribution in [0.25, 0.3) is 0 Å². The van der Waals surface area contributed by atoms with Gasteiger partial charge in [-0.05, 0) is 42.8 Å². The fourth-order valence-electron chi connectivity index (χ4n) is 2.43. The minimum absolute atomic E-state index is 0.122. The number of carbonyl (C=O) groups excluding carboxylic acids is 2. The Morgan fingerprint density at radius 3 is 2.66 bits per heavy atom. The molecule has 0 saturated carbocycles. The molecular weight excluding hydrogens is 376 g/mol. The van der Waals surface area contributed by atoms with E-state index in [0.29, 0.717) is 37.6 Å². The van der Waals surface area contributed by atoms with Crippen LogP contribution in [0.5, 0.6) is 5.75 Å². The number of amides is 2. The first-order chi connectivity index (χ1) is 14.2. The fourth-order valence-corrected chi connectivity index (χ4v) is 2.43. The van der Waals surface area contributed by atoms with Crippen LogP contribution in [0, 0.1) is 0 Å². The van der Waals surface area contributed by atoms with Gasteiger partial charge < -0.3 is 28.9 Å². The first kappa shape index (κ1) is 20.2. The lowest BCUT2D eigenvalue weighted by atomic mass is 10.3. The number of hydrogen-bond acceptors (Lipinski definition) is 6. The summed E-state index contributed by atoms with van der Waals surface area (Å²) in [6.07, 6.45) is 3.71. The van der Waals surface area contributed by atoms with Crippen molar-refractivity contribution in [1.29, 1.82) is 0 Å². The minimum atomic E-state index is -0.362. The standard InChI is InChI=1S/C21H22N2O6/c24-20(22-9-4-10-26-14-18-7-2-11-27-18)15-29-17-6-1-5-16(13-17)23-21(25)19-8-3-12-28-19/h1-3,5-8,11-13H,4,9-10,14-15H2,(H,22,24)(H,23,25). The topological polar surface area (TPSA) is 103 Å². The number of benzene rings is 1. The molecule has 8 heteroatoms. The molecule has 152 valence electrons. The number of furan rings is 2. The number of hydrogen-bond donors (Lipinski definition) is 2. The van der Waals surface area contributed by atoms with Gasteiger partial charge in [0.05, 0.1) is 12.5 Å². The van der Waals surface area contributed by atoms with Gasteiger partial charge in [0.25, 0.3) is 11.8 Å². The van der Waals surface area contributed by atoms with E-state index in [1.165, 1.54) is 6.26 Å². The molecule has 8 nitrogen and oxygen atoms in total. The second-order valence-electron chi connectivity index (χ2n) is 6.08. The van der Waals surface area contributed by atoms with Gasteiger partial charge in [-0.3, -0.25) is 9.59 Å². The Morgan fingerprint density at radius 1 is 1.00 bits per heavy atom. The summed E-state index contributed by atoms with van der Waals surface area (Å²) in [5, 5.41) is 5.46. The van der Waals surface area contributed by atoms with E-state index in [0.717, 1.165) is 5.76 Å². The van der Waals surface area contributed by atoms with Crippen molar-refractivity contribution in [2.24, 2.45) is 0 Å². The molecule has 0 unspecified atom stereocenters. The summed E-state index contributed by atoms with van der Waals surface area (Å²) >= 11 is 0. The highest BCUT2D eigenvalue weighted by atomic mass is 16.5. The third kappa shape index (κ3) is 6.86. The van der Waals surface area contributed by atoms with Crippen LogP contribution in [-0.4, -0.2) is 31.6 Å². The molecule has 2 aromatic heterocycles. The predicted octanol–water partition coefficient (Wildman–Crippen LogP) is 3.23. The zero-order valence-electron chi connectivity index (χ0n) is 15.8. The van der Waals surface area contributed by atoms with E-state index >= 15 is 0 Å². The molecule has 3 aromatic rings. The molecule has 0 aliphatic carbocycles. The van der Waals surface area contributed by atoms with Crippen LogP contribution in [0.4, 0.5) is 5.69 Å². The predicted molar refractivity (Wildman–Crippen MR) is 105 cm³/mol. The van der Waals surface area contributed by atoms with Crippen molar-refractivity contribution >= 4 is 17.5 Å². The Bertz CT molecular complexity index is 890. The lowest BCUT2D eigenvalue weighted by Crippen LogP contribution is -2.30. The highest BCUT2D eigenvalue weighted by molar-refractivity contribution is 6.02. The van der Waals surface area contributed by atoms with Crippen molar-refractivity contribution in [1.82, 2.24) is 5.32 Å². The van der Waals surface area contributed by atoms with E-state index < -0.39 is 0 Å². The quantitative estimate of drug-likeness (QED) is 0.481. The van der Waals surface area contributed by atoms with Gasteiger partial charge in [-0.25, -0.2) is 0 Å². The maximum Gasteiger partial charge on any atom is 0.291 e. The van der Waals surface area contributed by atoms with Crippen molar-refractivity contribution in [2.45, 2.75) is 13.0 Å². The van der Waals surface area contributed by atoms with Gasteiger partial charge in [-0.1, -0.05) is 6.07 Å². The Kier molecular flexibility index (Phi) is 7.48. The highest BCUT2D eigenvalue weighted by Gasteiger charge is 2.09. The molecule has 2 N–H and O–H groups in total. The van der Waals surface area contributed by atoms with Crippen LogP contribution in [0.1, 0.15) is 22.7 Å². The molecular formula is C21H22N2O6. The van der Waals surface area contributed by atoms with Crippen LogP contribution in [0.3, 0.4) is 0 Å². The number of rotatable bonds is 11. The van der Waals surface area contributed by atoms with E-state index in [2.05, 4.69) is 10.6 Å². The molecule has 0 atom stereocenters. The molecule has 0 radical (unpaired) electrons. The van der Waals surface area contributed by atoms with Gasteiger partial charge in [0.15, 0.2) is 12.4 Å². The Balaban J connectivity index is 1.32. The molecule has 1 aromatic carbocycles. The maximum absolute atomic E-state index is 12.0. The zero-order chi connectivity index (χ0) is 20.3. The van der Waals surface area contributed by atoms with Crippen LogP contribution < -0.4 is 15.4 Å². The van der Waals surface area contributed by atoms with Crippen LogP contribution in [0.2, 0.25) is 0 Å². The maximum atomic E-state index is 12.0. The van der Waals surface area contributed by atoms with Crippen LogP contribution in [0.15, 0.2) is 69.9 Å². The molecule has 0 spiro atoms. The molecule has 0 bridgehead atoms. The fraction of sp³-hybridized carbons (Fsp3) is 0.238. The molecule has 2 heterocycles. The first-order valence-electron chi connectivity index (χ1n) is 9.15. The van der Waals surface area contributed by atoms with E-state index in [1.807, 2.05) is 12.1 Å². The molecule has 0 fully saturated rings. The third-order valence-corrected chi connectivity index (χ3v) is 3.82. The Morgan fingerprint density at radius 2 is 1.86 bits per heavy atom. The average Bonchev–Trinajstić information content (AvgIpc) is 3.43.